The average Bonchev–Trinajstić information content (AvgIpc) is 3.78. The number of fused-ring (bicyclic) bond motifs is 12. The number of nitrogens with zero attached hydrogens (tertiary/aromatic N) is 4. The quantitative estimate of drug-likeness (QED) is 0.180. The van der Waals surface area contributed by atoms with Gasteiger partial charge in [0.25, 0.3) is 0 Å². The van der Waals surface area contributed by atoms with Crippen molar-refractivity contribution in [3.63, 3.8) is 0 Å². The van der Waals surface area contributed by atoms with Crippen LogP contribution >= 0.6 is 11.8 Å². The van der Waals surface area contributed by atoms with Gasteiger partial charge >= 0.3 is 0 Å². The summed E-state index contributed by atoms with van der Waals surface area (Å²) in [4.78, 5) is 18.1. The van der Waals surface area contributed by atoms with Gasteiger partial charge in [-0.3, -0.25) is 0 Å². The first-order chi connectivity index (χ1) is 28.3. The molecule has 5 heteroatoms. The number of para-hydroxylation sites is 2. The van der Waals surface area contributed by atoms with Crippen LogP contribution in [0, 0.1) is 0 Å². The van der Waals surface area contributed by atoms with Crippen molar-refractivity contribution in [1.29, 1.82) is 0 Å². The summed E-state index contributed by atoms with van der Waals surface area (Å²) >= 11 is 1.82. The maximum absolute atomic E-state index is 5.32. The Bertz CT molecular complexity index is 3120. The predicted molar refractivity (Wildman–Crippen MR) is 232 cm³/mol. The first-order valence-electron chi connectivity index (χ1n) is 19.3. The van der Waals surface area contributed by atoms with E-state index in [1.54, 1.807) is 0 Å². The molecule has 10 aromatic rings. The first-order valence-corrected chi connectivity index (χ1v) is 20.1. The lowest BCUT2D eigenvalue weighted by Crippen LogP contribution is -2.32. The second kappa shape index (κ2) is 12.5. The lowest BCUT2D eigenvalue weighted by atomic mass is 9.67. The van der Waals surface area contributed by atoms with Gasteiger partial charge in [0.1, 0.15) is 0 Å². The maximum Gasteiger partial charge on any atom is 0.165 e. The van der Waals surface area contributed by atoms with Gasteiger partial charge in [-0.05, 0) is 75.8 Å². The Labute approximate surface area is 334 Å². The van der Waals surface area contributed by atoms with Crippen molar-refractivity contribution in [3.8, 4) is 51.0 Å². The van der Waals surface area contributed by atoms with Gasteiger partial charge < -0.3 is 4.57 Å². The molecule has 1 aliphatic carbocycles. The summed E-state index contributed by atoms with van der Waals surface area (Å²) in [7, 11) is 0. The molecule has 0 radical (unpaired) electrons. The molecule has 1 aliphatic heterocycles. The fraction of sp³-hybridized carbons (Fsp3) is 0.0192. The van der Waals surface area contributed by atoms with Crippen LogP contribution in [0.4, 0.5) is 0 Å². The molecule has 0 saturated carbocycles. The Morgan fingerprint density at radius 2 is 0.860 bits per heavy atom. The summed E-state index contributed by atoms with van der Waals surface area (Å²) in [5, 5.41) is 2.48. The molecular formula is C52H32N4S. The fourth-order valence-electron chi connectivity index (χ4n) is 9.36. The van der Waals surface area contributed by atoms with E-state index in [1.807, 2.05) is 30.0 Å². The zero-order valence-electron chi connectivity index (χ0n) is 30.7. The maximum atomic E-state index is 5.32. The van der Waals surface area contributed by atoms with Crippen LogP contribution in [0.1, 0.15) is 22.3 Å². The van der Waals surface area contributed by atoms with Crippen LogP contribution in [-0.4, -0.2) is 19.5 Å². The smallest absolute Gasteiger partial charge is 0.165 e. The molecule has 0 amide bonds. The molecule has 4 nitrogen and oxygen atoms in total. The molecule has 0 atom stereocenters. The number of aromatic nitrogens is 4. The van der Waals surface area contributed by atoms with Crippen molar-refractivity contribution in [2.45, 2.75) is 15.2 Å². The summed E-state index contributed by atoms with van der Waals surface area (Å²) in [5.41, 5.74) is 13.6. The van der Waals surface area contributed by atoms with Crippen LogP contribution in [0.2, 0.25) is 0 Å². The van der Waals surface area contributed by atoms with Gasteiger partial charge in [-0.15, -0.1) is 0 Å². The molecule has 0 N–H and O–H groups in total. The Hall–Kier alpha value is -7.08. The lowest BCUT2D eigenvalue weighted by Gasteiger charge is -2.40. The molecule has 2 aromatic heterocycles. The highest BCUT2D eigenvalue weighted by atomic mass is 32.2. The van der Waals surface area contributed by atoms with E-state index in [4.69, 9.17) is 15.0 Å². The third kappa shape index (κ3) is 4.67. The normalized spacial score (nSPS) is 13.3. The third-order valence-corrected chi connectivity index (χ3v) is 13.0. The largest absolute Gasteiger partial charge is 0.309 e. The van der Waals surface area contributed by atoms with E-state index in [0.717, 1.165) is 22.4 Å². The predicted octanol–water partition coefficient (Wildman–Crippen LogP) is 12.8. The van der Waals surface area contributed by atoms with Crippen LogP contribution in [-0.2, 0) is 5.41 Å². The van der Waals surface area contributed by atoms with Crippen LogP contribution < -0.4 is 0 Å². The molecule has 57 heavy (non-hydrogen) atoms. The van der Waals surface area contributed by atoms with Gasteiger partial charge in [0.15, 0.2) is 17.5 Å². The van der Waals surface area contributed by atoms with Crippen molar-refractivity contribution in [2.24, 2.45) is 0 Å². The SMILES string of the molecule is c1ccc(-c2nc(-c3ccc(-n4c5ccccc5c5ccccc54)cc3)nc(-c3cccc4c3Sc3ccccc3C43c4ccccc4-c4ccccc43)n2)cc1. The molecule has 12 rings (SSSR count). The van der Waals surface area contributed by atoms with E-state index in [0.29, 0.717) is 17.5 Å². The fourth-order valence-corrected chi connectivity index (χ4v) is 10.7. The summed E-state index contributed by atoms with van der Waals surface area (Å²) < 4.78 is 2.34. The Kier molecular flexibility index (Phi) is 7.04. The minimum absolute atomic E-state index is 0.485. The van der Waals surface area contributed by atoms with Gasteiger partial charge in [-0.1, -0.05) is 163 Å². The highest BCUT2D eigenvalue weighted by Crippen LogP contribution is 2.63. The molecule has 266 valence electrons. The highest BCUT2D eigenvalue weighted by molar-refractivity contribution is 7.99. The topological polar surface area (TPSA) is 43.6 Å². The molecule has 0 unspecified atom stereocenters. The second-order valence-corrected chi connectivity index (χ2v) is 15.8. The molecule has 0 bridgehead atoms. The molecule has 8 aromatic carbocycles. The van der Waals surface area contributed by atoms with E-state index in [1.165, 1.54) is 65.0 Å². The number of hydrogen-bond acceptors (Lipinski definition) is 4. The summed E-state index contributed by atoms with van der Waals surface area (Å²) in [6.07, 6.45) is 0. The van der Waals surface area contributed by atoms with E-state index < -0.39 is 5.41 Å². The zero-order valence-corrected chi connectivity index (χ0v) is 31.5. The number of hydrogen-bond donors (Lipinski definition) is 0. The molecule has 1 spiro atoms. The summed E-state index contributed by atoms with van der Waals surface area (Å²) in [5.74, 6) is 1.94. The van der Waals surface area contributed by atoms with E-state index in [2.05, 4.69) is 180 Å². The summed E-state index contributed by atoms with van der Waals surface area (Å²) in [6, 6.07) is 69.5. The Morgan fingerprint density at radius 1 is 0.368 bits per heavy atom. The summed E-state index contributed by atoms with van der Waals surface area (Å²) in [6.45, 7) is 0. The van der Waals surface area contributed by atoms with Gasteiger partial charge in [-0.25, -0.2) is 15.0 Å². The van der Waals surface area contributed by atoms with Gasteiger partial charge in [0, 0.05) is 42.9 Å². The minimum atomic E-state index is -0.485. The lowest BCUT2D eigenvalue weighted by molar-refractivity contribution is 0.722. The van der Waals surface area contributed by atoms with Crippen molar-refractivity contribution >= 4 is 33.6 Å². The van der Waals surface area contributed by atoms with Gasteiger partial charge in [0.05, 0.1) is 16.4 Å². The van der Waals surface area contributed by atoms with E-state index in [-0.39, 0.29) is 0 Å². The van der Waals surface area contributed by atoms with Gasteiger partial charge in [-0.2, -0.15) is 0 Å². The second-order valence-electron chi connectivity index (χ2n) is 14.7. The van der Waals surface area contributed by atoms with Crippen molar-refractivity contribution in [3.05, 3.63) is 216 Å². The first kappa shape index (κ1) is 32.2. The van der Waals surface area contributed by atoms with Crippen LogP contribution in [0.15, 0.2) is 204 Å². The van der Waals surface area contributed by atoms with Crippen molar-refractivity contribution in [2.75, 3.05) is 0 Å². The molecule has 0 saturated heterocycles. The van der Waals surface area contributed by atoms with Crippen molar-refractivity contribution < 1.29 is 0 Å². The Morgan fingerprint density at radius 3 is 1.53 bits per heavy atom. The minimum Gasteiger partial charge on any atom is -0.309 e. The van der Waals surface area contributed by atoms with E-state index >= 15 is 0 Å². The van der Waals surface area contributed by atoms with E-state index in [9.17, 15) is 0 Å². The number of rotatable bonds is 4. The van der Waals surface area contributed by atoms with Crippen LogP contribution in [0.25, 0.3) is 72.8 Å². The number of benzene rings is 8. The third-order valence-electron chi connectivity index (χ3n) is 11.7. The standard InChI is InChI=1S/C52H32N4S/c1-2-15-33(16-3-1)49-53-50(34-29-31-35(32-30-34)56-45-26-11-6-19-38(45)39-20-7-12-27-46(39)56)55-51(54-49)40-21-14-25-44-48(40)57-47-28-13-10-24-43(47)52(44)41-22-8-4-17-36(41)37-18-5-9-23-42(37)52/h1-32H. The average molecular weight is 745 g/mol. The molecule has 2 aliphatic rings. The monoisotopic (exact) mass is 744 g/mol. The molecule has 0 fully saturated rings. The van der Waals surface area contributed by atoms with Gasteiger partial charge in [0.2, 0.25) is 0 Å². The van der Waals surface area contributed by atoms with Crippen LogP contribution in [0.3, 0.4) is 0 Å². The molecule has 3 heterocycles. The van der Waals surface area contributed by atoms with Crippen molar-refractivity contribution in [1.82, 2.24) is 19.5 Å². The molecular weight excluding hydrogens is 713 g/mol. The Balaban J connectivity index is 1.06. The zero-order chi connectivity index (χ0) is 37.5. The van der Waals surface area contributed by atoms with Crippen LogP contribution in [0.5, 0.6) is 0 Å². The highest BCUT2D eigenvalue weighted by Gasteiger charge is 2.50.